The monoisotopic (exact) mass is 470 g/mol. The molecule has 0 atom stereocenters. The largest absolute Gasteiger partial charge is 0.495 e. The number of nitrogens with one attached hydrogen (secondary N) is 1. The Kier molecular flexibility index (Phi) is 6.91. The number of carbonyl (C=O) groups is 1. The molecule has 0 fully saturated rings. The molecule has 158 valence electrons. The van der Waals surface area contributed by atoms with E-state index in [4.69, 9.17) is 16.3 Å². The van der Waals surface area contributed by atoms with E-state index in [0.717, 1.165) is 16.3 Å². The van der Waals surface area contributed by atoms with E-state index in [9.17, 15) is 4.79 Å². The van der Waals surface area contributed by atoms with Crippen LogP contribution in [0.3, 0.4) is 0 Å². The van der Waals surface area contributed by atoms with Crippen LogP contribution in [0, 0.1) is 0 Å². The van der Waals surface area contributed by atoms with Crippen molar-refractivity contribution in [1.82, 2.24) is 14.8 Å². The van der Waals surface area contributed by atoms with Gasteiger partial charge >= 0.3 is 0 Å². The Labute approximate surface area is 193 Å². The van der Waals surface area contributed by atoms with Gasteiger partial charge < -0.3 is 10.1 Å². The van der Waals surface area contributed by atoms with Crippen molar-refractivity contribution in [3.8, 4) is 16.5 Å². The molecule has 4 aromatic rings. The van der Waals surface area contributed by atoms with Gasteiger partial charge in [-0.3, -0.25) is 9.36 Å². The van der Waals surface area contributed by atoms with Crippen molar-refractivity contribution in [2.75, 3.05) is 18.2 Å². The first kappa shape index (κ1) is 21.4. The Morgan fingerprint density at radius 3 is 2.71 bits per heavy atom. The van der Waals surface area contributed by atoms with E-state index in [1.807, 2.05) is 40.3 Å². The smallest absolute Gasteiger partial charge is 0.234 e. The van der Waals surface area contributed by atoms with Gasteiger partial charge in [-0.2, -0.15) is 0 Å². The highest BCUT2D eigenvalue weighted by molar-refractivity contribution is 7.99. The number of ether oxygens (including phenoxy) is 1. The number of halogens is 1. The van der Waals surface area contributed by atoms with Gasteiger partial charge in [0, 0.05) is 5.69 Å². The molecule has 1 amide bonds. The zero-order chi connectivity index (χ0) is 21.6. The number of thioether (sulfide) groups is 1. The number of anilines is 1. The molecular formula is C22H19ClN4O2S2. The van der Waals surface area contributed by atoms with Gasteiger partial charge in [0.1, 0.15) is 5.75 Å². The van der Waals surface area contributed by atoms with Gasteiger partial charge in [-0.05, 0) is 35.2 Å². The summed E-state index contributed by atoms with van der Waals surface area (Å²) >= 11 is 9.09. The Bertz CT molecular complexity index is 1160. The zero-order valence-corrected chi connectivity index (χ0v) is 19.0. The third-order valence-electron chi connectivity index (χ3n) is 4.41. The van der Waals surface area contributed by atoms with Gasteiger partial charge in [-0.25, -0.2) is 0 Å². The number of aromatic nitrogens is 3. The summed E-state index contributed by atoms with van der Waals surface area (Å²) in [4.78, 5) is 13.5. The molecule has 0 radical (unpaired) electrons. The second-order valence-electron chi connectivity index (χ2n) is 6.54. The second-order valence-corrected chi connectivity index (χ2v) is 8.84. The van der Waals surface area contributed by atoms with Crippen molar-refractivity contribution in [2.45, 2.75) is 11.7 Å². The number of nitrogens with zero attached hydrogens (tertiary/aromatic N) is 3. The van der Waals surface area contributed by atoms with Gasteiger partial charge in [-0.1, -0.05) is 59.8 Å². The fourth-order valence-corrected chi connectivity index (χ4v) is 4.68. The lowest BCUT2D eigenvalue weighted by molar-refractivity contribution is -0.113. The van der Waals surface area contributed by atoms with Gasteiger partial charge in [-0.15, -0.1) is 21.5 Å². The number of hydrogen-bond donors (Lipinski definition) is 1. The second kappa shape index (κ2) is 10.00. The summed E-state index contributed by atoms with van der Waals surface area (Å²) in [6.45, 7) is 0.624. The van der Waals surface area contributed by atoms with Crippen LogP contribution in [-0.2, 0) is 11.3 Å². The highest BCUT2D eigenvalue weighted by atomic mass is 35.5. The van der Waals surface area contributed by atoms with E-state index in [2.05, 4.69) is 27.6 Å². The average molecular weight is 471 g/mol. The van der Waals surface area contributed by atoms with Crippen LogP contribution in [0.5, 0.6) is 5.75 Å². The maximum absolute atomic E-state index is 12.5. The van der Waals surface area contributed by atoms with Gasteiger partial charge in [0.2, 0.25) is 5.91 Å². The first-order valence-corrected chi connectivity index (χ1v) is 11.7. The highest BCUT2D eigenvalue weighted by Crippen LogP contribution is 2.29. The fourth-order valence-electron chi connectivity index (χ4n) is 2.96. The summed E-state index contributed by atoms with van der Waals surface area (Å²) in [7, 11) is 1.55. The maximum Gasteiger partial charge on any atom is 0.234 e. The SMILES string of the molecule is COc1ccc(NC(=O)CSc2nnc(-c3cccs3)n2Cc2ccccc2)cc1Cl. The molecular weight excluding hydrogens is 452 g/mol. The van der Waals surface area contributed by atoms with Crippen LogP contribution in [0.1, 0.15) is 5.56 Å². The summed E-state index contributed by atoms with van der Waals surface area (Å²) in [5, 5.41) is 14.7. The van der Waals surface area contributed by atoms with Crippen molar-refractivity contribution in [3.63, 3.8) is 0 Å². The number of carbonyl (C=O) groups excluding carboxylic acids is 1. The molecule has 0 bridgehead atoms. The van der Waals surface area contributed by atoms with Crippen LogP contribution in [0.25, 0.3) is 10.7 Å². The number of rotatable bonds is 8. The number of thiophene rings is 1. The topological polar surface area (TPSA) is 69.0 Å². The van der Waals surface area contributed by atoms with Gasteiger partial charge in [0.05, 0.1) is 29.3 Å². The summed E-state index contributed by atoms with van der Waals surface area (Å²) in [6.07, 6.45) is 0. The molecule has 2 aromatic heterocycles. The van der Waals surface area contributed by atoms with E-state index < -0.39 is 0 Å². The third-order valence-corrected chi connectivity index (χ3v) is 6.54. The van der Waals surface area contributed by atoms with E-state index in [-0.39, 0.29) is 11.7 Å². The molecule has 0 aliphatic carbocycles. The van der Waals surface area contributed by atoms with E-state index in [0.29, 0.717) is 28.2 Å². The molecule has 0 aliphatic heterocycles. The molecule has 0 saturated carbocycles. The van der Waals surface area contributed by atoms with Crippen molar-refractivity contribution < 1.29 is 9.53 Å². The Morgan fingerprint density at radius 1 is 1.16 bits per heavy atom. The van der Waals surface area contributed by atoms with Gasteiger partial charge in [0.15, 0.2) is 11.0 Å². The molecule has 0 aliphatic rings. The van der Waals surface area contributed by atoms with Crippen LogP contribution in [0.2, 0.25) is 5.02 Å². The summed E-state index contributed by atoms with van der Waals surface area (Å²) in [5.74, 6) is 1.40. The predicted molar refractivity (Wildman–Crippen MR) is 126 cm³/mol. The normalized spacial score (nSPS) is 10.8. The lowest BCUT2D eigenvalue weighted by Gasteiger charge is -2.10. The van der Waals surface area contributed by atoms with Crippen LogP contribution < -0.4 is 10.1 Å². The maximum atomic E-state index is 12.5. The third kappa shape index (κ3) is 5.28. The molecule has 0 saturated heterocycles. The number of amides is 1. The minimum atomic E-state index is -0.154. The summed E-state index contributed by atoms with van der Waals surface area (Å²) in [6, 6.07) is 19.3. The molecule has 2 heterocycles. The number of benzene rings is 2. The standard InChI is InChI=1S/C22H19ClN4O2S2/c1-29-18-10-9-16(12-17(18)23)24-20(28)14-31-22-26-25-21(19-8-5-11-30-19)27(22)13-15-6-3-2-4-7-15/h2-12H,13-14H2,1H3,(H,24,28). The van der Waals surface area contributed by atoms with Crippen LogP contribution in [0.15, 0.2) is 71.2 Å². The zero-order valence-electron chi connectivity index (χ0n) is 16.6. The molecule has 1 N–H and O–H groups in total. The van der Waals surface area contributed by atoms with E-state index >= 15 is 0 Å². The summed E-state index contributed by atoms with van der Waals surface area (Å²) in [5.41, 5.74) is 1.75. The molecule has 0 spiro atoms. The number of methoxy groups -OCH3 is 1. The highest BCUT2D eigenvalue weighted by Gasteiger charge is 2.17. The predicted octanol–water partition coefficient (Wildman–Crippen LogP) is 5.45. The first-order chi connectivity index (χ1) is 15.1. The minimum Gasteiger partial charge on any atom is -0.495 e. The quantitative estimate of drug-likeness (QED) is 0.347. The molecule has 31 heavy (non-hydrogen) atoms. The number of hydrogen-bond acceptors (Lipinski definition) is 6. The Morgan fingerprint density at radius 2 is 2.00 bits per heavy atom. The average Bonchev–Trinajstić information content (AvgIpc) is 3.43. The van der Waals surface area contributed by atoms with Crippen molar-refractivity contribution in [3.05, 3.63) is 76.6 Å². The summed E-state index contributed by atoms with van der Waals surface area (Å²) < 4.78 is 7.18. The van der Waals surface area contributed by atoms with Crippen LogP contribution >= 0.6 is 34.7 Å². The lowest BCUT2D eigenvalue weighted by Crippen LogP contribution is -2.15. The Balaban J connectivity index is 1.49. The fraction of sp³-hybridized carbons (Fsp3) is 0.136. The Hall–Kier alpha value is -2.81. The lowest BCUT2D eigenvalue weighted by atomic mass is 10.2. The molecule has 2 aromatic carbocycles. The van der Waals surface area contributed by atoms with Gasteiger partial charge in [0.25, 0.3) is 0 Å². The minimum absolute atomic E-state index is 0.154. The van der Waals surface area contributed by atoms with Crippen LogP contribution in [0.4, 0.5) is 5.69 Å². The van der Waals surface area contributed by atoms with E-state index in [1.165, 1.54) is 11.8 Å². The van der Waals surface area contributed by atoms with Crippen molar-refractivity contribution >= 4 is 46.3 Å². The van der Waals surface area contributed by atoms with Crippen LogP contribution in [-0.4, -0.2) is 33.5 Å². The van der Waals surface area contributed by atoms with Crippen molar-refractivity contribution in [1.29, 1.82) is 0 Å². The van der Waals surface area contributed by atoms with E-state index in [1.54, 1.807) is 36.6 Å². The molecule has 0 unspecified atom stereocenters. The first-order valence-electron chi connectivity index (χ1n) is 9.41. The molecule has 9 heteroatoms. The molecule has 4 rings (SSSR count). The molecule has 6 nitrogen and oxygen atoms in total. The van der Waals surface area contributed by atoms with Crippen molar-refractivity contribution in [2.24, 2.45) is 0 Å².